The zero-order valence-electron chi connectivity index (χ0n) is 18.3. The van der Waals surface area contributed by atoms with Crippen LogP contribution >= 0.6 is 11.6 Å². The second kappa shape index (κ2) is 11.1. The fourth-order valence-electron chi connectivity index (χ4n) is 3.46. The normalized spacial score (nSPS) is 10.6. The highest BCUT2D eigenvalue weighted by molar-refractivity contribution is 7.78. The van der Waals surface area contributed by atoms with Crippen molar-refractivity contribution >= 4 is 35.0 Å². The summed E-state index contributed by atoms with van der Waals surface area (Å²) in [4.78, 5) is 14.0. The van der Waals surface area contributed by atoms with E-state index in [1.54, 1.807) is 0 Å². The maximum Gasteiger partial charge on any atom is 0.228 e. The number of carbonyl (C=O) groups is 1. The van der Waals surface area contributed by atoms with Crippen molar-refractivity contribution in [2.24, 2.45) is 0 Å². The highest BCUT2D eigenvalue weighted by Crippen LogP contribution is 2.36. The Labute approximate surface area is 203 Å². The molecule has 0 heterocycles. The molecular weight excluding hydrogens is 450 g/mol. The SMILES string of the molecule is CC[SH+]c1ccc(CC(=O)Nc2ccc(-c3ccc(Cl)cc3)c(Oc3ccccc3)c2)cc1. The molecule has 1 amide bonds. The summed E-state index contributed by atoms with van der Waals surface area (Å²) in [7, 11) is 0. The van der Waals surface area contributed by atoms with Crippen LogP contribution in [0.25, 0.3) is 11.1 Å². The molecule has 0 aliphatic heterocycles. The smallest absolute Gasteiger partial charge is 0.228 e. The first-order valence-corrected chi connectivity index (χ1v) is 12.3. The van der Waals surface area contributed by atoms with Crippen molar-refractivity contribution in [3.63, 3.8) is 0 Å². The number of hydrogen-bond donors (Lipinski definition) is 1. The van der Waals surface area contributed by atoms with Crippen molar-refractivity contribution in [1.29, 1.82) is 0 Å². The molecule has 0 radical (unpaired) electrons. The molecule has 3 nitrogen and oxygen atoms in total. The molecular formula is C28H25ClNO2S+. The molecule has 1 N–H and O–H groups in total. The van der Waals surface area contributed by atoms with Crippen molar-refractivity contribution in [3.8, 4) is 22.6 Å². The van der Waals surface area contributed by atoms with Crippen LogP contribution in [0.5, 0.6) is 11.5 Å². The van der Waals surface area contributed by atoms with Gasteiger partial charge in [-0.15, -0.1) is 0 Å². The predicted molar refractivity (Wildman–Crippen MR) is 140 cm³/mol. The highest BCUT2D eigenvalue weighted by atomic mass is 35.5. The Bertz CT molecular complexity index is 1210. The van der Waals surface area contributed by atoms with Gasteiger partial charge in [0.2, 0.25) is 5.91 Å². The third-order valence-electron chi connectivity index (χ3n) is 5.03. The monoisotopic (exact) mass is 474 g/mol. The maximum atomic E-state index is 12.7. The molecule has 0 fully saturated rings. The summed E-state index contributed by atoms with van der Waals surface area (Å²) >= 11 is 7.36. The van der Waals surface area contributed by atoms with Crippen molar-refractivity contribution < 1.29 is 9.53 Å². The van der Waals surface area contributed by atoms with Crippen LogP contribution in [0.4, 0.5) is 5.69 Å². The Balaban J connectivity index is 1.54. The molecule has 0 atom stereocenters. The first kappa shape index (κ1) is 23.0. The van der Waals surface area contributed by atoms with Crippen LogP contribution in [0, 0.1) is 0 Å². The molecule has 0 unspecified atom stereocenters. The number of rotatable bonds is 8. The van der Waals surface area contributed by atoms with Gasteiger partial charge in [0, 0.05) is 34.1 Å². The zero-order valence-corrected chi connectivity index (χ0v) is 19.9. The average molecular weight is 475 g/mol. The lowest BCUT2D eigenvalue weighted by Gasteiger charge is -2.14. The minimum atomic E-state index is -0.0688. The zero-order chi connectivity index (χ0) is 23.0. The first-order valence-electron chi connectivity index (χ1n) is 10.8. The van der Waals surface area contributed by atoms with Crippen molar-refractivity contribution in [2.45, 2.75) is 18.2 Å². The quantitative estimate of drug-likeness (QED) is 0.217. The van der Waals surface area contributed by atoms with Gasteiger partial charge in [0.05, 0.1) is 6.42 Å². The third kappa shape index (κ3) is 6.41. The van der Waals surface area contributed by atoms with E-state index < -0.39 is 0 Å². The minimum absolute atomic E-state index is 0.0688. The largest absolute Gasteiger partial charge is 0.457 e. The van der Waals surface area contributed by atoms with Gasteiger partial charge in [0.25, 0.3) is 0 Å². The number of halogens is 1. The van der Waals surface area contributed by atoms with Crippen LogP contribution < -0.4 is 10.1 Å². The standard InChI is InChI=1S/C28H24ClNO2S/c1-2-33-25-15-8-20(9-16-25)18-28(31)30-23-14-17-26(21-10-12-22(29)13-11-21)27(19-23)32-24-6-4-3-5-7-24/h3-17,19H,2,18H2,1H3,(H,30,31)/p+1. The van der Waals surface area contributed by atoms with Gasteiger partial charge < -0.3 is 10.1 Å². The van der Waals surface area contributed by atoms with Gasteiger partial charge in [-0.2, -0.15) is 0 Å². The summed E-state index contributed by atoms with van der Waals surface area (Å²) in [5, 5.41) is 3.68. The van der Waals surface area contributed by atoms with Gasteiger partial charge in [0.15, 0.2) is 4.90 Å². The molecule has 4 aromatic rings. The van der Waals surface area contributed by atoms with Crippen LogP contribution in [0.1, 0.15) is 12.5 Å². The van der Waals surface area contributed by atoms with Crippen LogP contribution in [-0.4, -0.2) is 11.7 Å². The Kier molecular flexibility index (Phi) is 7.71. The lowest BCUT2D eigenvalue weighted by atomic mass is 10.0. The van der Waals surface area contributed by atoms with Gasteiger partial charge in [-0.25, -0.2) is 0 Å². The van der Waals surface area contributed by atoms with E-state index in [4.69, 9.17) is 16.3 Å². The van der Waals surface area contributed by atoms with Crippen molar-refractivity contribution in [1.82, 2.24) is 0 Å². The summed E-state index contributed by atoms with van der Waals surface area (Å²) in [5.41, 5.74) is 3.57. The molecule has 0 bridgehead atoms. The van der Waals surface area contributed by atoms with Crippen LogP contribution in [0.2, 0.25) is 5.02 Å². The van der Waals surface area contributed by atoms with E-state index in [9.17, 15) is 4.79 Å². The fourth-order valence-corrected chi connectivity index (χ4v) is 4.31. The van der Waals surface area contributed by atoms with E-state index in [2.05, 4.69) is 24.4 Å². The number of ether oxygens (including phenoxy) is 1. The number of anilines is 1. The Hall–Kier alpha value is -3.21. The molecule has 0 aliphatic rings. The van der Waals surface area contributed by atoms with Gasteiger partial charge >= 0.3 is 0 Å². The van der Waals surface area contributed by atoms with E-state index in [0.29, 0.717) is 22.9 Å². The Morgan fingerprint density at radius 2 is 1.64 bits per heavy atom. The summed E-state index contributed by atoms with van der Waals surface area (Å²) in [6.07, 6.45) is 0.317. The molecule has 33 heavy (non-hydrogen) atoms. The molecule has 5 heteroatoms. The molecule has 0 saturated heterocycles. The summed E-state index contributed by atoms with van der Waals surface area (Å²) < 4.78 is 6.19. The maximum absolute atomic E-state index is 12.7. The summed E-state index contributed by atoms with van der Waals surface area (Å²) in [6.45, 7) is 2.15. The predicted octanol–water partition coefficient (Wildman–Crippen LogP) is 7.17. The molecule has 4 rings (SSSR count). The molecule has 0 aromatic heterocycles. The Morgan fingerprint density at radius 3 is 2.33 bits per heavy atom. The summed E-state index contributed by atoms with van der Waals surface area (Å²) in [6, 6.07) is 31.1. The van der Waals surface area contributed by atoms with Crippen LogP contribution in [-0.2, 0) is 23.0 Å². The number of hydrogen-bond acceptors (Lipinski definition) is 2. The van der Waals surface area contributed by atoms with E-state index in [1.807, 2.05) is 84.9 Å². The van der Waals surface area contributed by atoms with Gasteiger partial charge in [-0.1, -0.05) is 54.1 Å². The molecule has 4 aromatic carbocycles. The highest BCUT2D eigenvalue weighted by Gasteiger charge is 2.12. The average Bonchev–Trinajstić information content (AvgIpc) is 2.82. The lowest BCUT2D eigenvalue weighted by Crippen LogP contribution is -2.14. The van der Waals surface area contributed by atoms with E-state index in [1.165, 1.54) is 16.7 Å². The number of para-hydroxylation sites is 1. The van der Waals surface area contributed by atoms with Crippen molar-refractivity contribution in [3.05, 3.63) is 108 Å². The molecule has 0 aliphatic carbocycles. The van der Waals surface area contributed by atoms with Crippen LogP contribution in [0.3, 0.4) is 0 Å². The van der Waals surface area contributed by atoms with E-state index in [-0.39, 0.29) is 5.91 Å². The molecule has 0 saturated carbocycles. The number of nitrogens with one attached hydrogen (secondary N) is 1. The second-order valence-electron chi connectivity index (χ2n) is 7.50. The second-order valence-corrected chi connectivity index (χ2v) is 9.40. The number of amides is 1. The van der Waals surface area contributed by atoms with E-state index >= 15 is 0 Å². The first-order chi connectivity index (χ1) is 16.1. The van der Waals surface area contributed by atoms with Gasteiger partial charge in [0.1, 0.15) is 17.3 Å². The Morgan fingerprint density at radius 1 is 0.909 bits per heavy atom. The number of carbonyl (C=O) groups excluding carboxylic acids is 1. The molecule has 0 spiro atoms. The lowest BCUT2D eigenvalue weighted by molar-refractivity contribution is -0.115. The summed E-state index contributed by atoms with van der Waals surface area (Å²) in [5.74, 6) is 2.40. The number of benzene rings is 4. The minimum Gasteiger partial charge on any atom is -0.457 e. The molecule has 166 valence electrons. The topological polar surface area (TPSA) is 38.3 Å². The number of thiol groups is 1. The van der Waals surface area contributed by atoms with Crippen molar-refractivity contribution in [2.75, 3.05) is 11.1 Å². The van der Waals surface area contributed by atoms with Gasteiger partial charge in [-0.3, -0.25) is 4.79 Å². The third-order valence-corrected chi connectivity index (χ3v) is 6.26. The van der Waals surface area contributed by atoms with Gasteiger partial charge in [-0.05, 0) is 66.6 Å². The fraction of sp³-hybridized carbons (Fsp3) is 0.107. The van der Waals surface area contributed by atoms with Crippen LogP contribution in [0.15, 0.2) is 102 Å². The van der Waals surface area contributed by atoms with E-state index in [0.717, 1.165) is 28.2 Å².